The van der Waals surface area contributed by atoms with Gasteiger partial charge in [0.25, 0.3) is 15.9 Å². The van der Waals surface area contributed by atoms with E-state index in [0.29, 0.717) is 14.6 Å². The number of aryl methyl sites for hydroxylation is 2. The van der Waals surface area contributed by atoms with Gasteiger partial charge in [0.2, 0.25) is 0 Å². The molecule has 0 aliphatic heterocycles. The zero-order chi connectivity index (χ0) is 16.3. The van der Waals surface area contributed by atoms with E-state index in [2.05, 4.69) is 48.7 Å². The van der Waals surface area contributed by atoms with Crippen molar-refractivity contribution in [3.05, 3.63) is 38.4 Å². The predicted molar refractivity (Wildman–Crippen MR) is 92.5 cm³/mol. The van der Waals surface area contributed by atoms with Crippen molar-refractivity contribution in [2.24, 2.45) is 0 Å². The number of hydrogen-bond donors (Lipinski definition) is 1. The lowest BCUT2D eigenvalue weighted by molar-refractivity contribution is 0.430. The van der Waals surface area contributed by atoms with Crippen molar-refractivity contribution in [3.63, 3.8) is 0 Å². The molecule has 1 aromatic carbocycles. The molecule has 0 radical (unpaired) electrons. The lowest BCUT2D eigenvalue weighted by Gasteiger charge is -2.09. The molecular formula is C14H16Br2N2O3S. The van der Waals surface area contributed by atoms with E-state index in [1.54, 1.807) is 19.1 Å². The zero-order valence-electron chi connectivity index (χ0n) is 12.2. The molecule has 0 spiro atoms. The normalized spacial score (nSPS) is 11.6. The minimum absolute atomic E-state index is 0.0726. The third-order valence-electron chi connectivity index (χ3n) is 3.12. The summed E-state index contributed by atoms with van der Waals surface area (Å²) in [6.07, 6.45) is 2.92. The van der Waals surface area contributed by atoms with Gasteiger partial charge in [-0.15, -0.1) is 0 Å². The molecule has 2 aromatic rings. The van der Waals surface area contributed by atoms with Crippen LogP contribution in [0.4, 0.5) is 5.88 Å². The van der Waals surface area contributed by atoms with Crippen LogP contribution in [-0.4, -0.2) is 13.6 Å². The molecule has 0 aliphatic rings. The summed E-state index contributed by atoms with van der Waals surface area (Å²) in [4.78, 5) is 0.182. The topological polar surface area (TPSA) is 72.2 Å². The lowest BCUT2D eigenvalue weighted by atomic mass is 10.1. The average Bonchev–Trinajstić information content (AvgIpc) is 2.78. The quantitative estimate of drug-likeness (QED) is 0.693. The van der Waals surface area contributed by atoms with Crippen LogP contribution in [0.15, 0.2) is 36.6 Å². The van der Waals surface area contributed by atoms with Gasteiger partial charge in [0.1, 0.15) is 9.37 Å². The van der Waals surface area contributed by atoms with Gasteiger partial charge >= 0.3 is 0 Å². The van der Waals surface area contributed by atoms with E-state index >= 15 is 0 Å². The first kappa shape index (κ1) is 17.5. The molecule has 8 heteroatoms. The van der Waals surface area contributed by atoms with E-state index in [4.69, 9.17) is 4.52 Å². The Labute approximate surface area is 146 Å². The van der Waals surface area contributed by atoms with E-state index in [-0.39, 0.29) is 10.8 Å². The van der Waals surface area contributed by atoms with Crippen molar-refractivity contribution in [2.75, 3.05) is 4.72 Å². The van der Waals surface area contributed by atoms with E-state index in [0.717, 1.165) is 24.8 Å². The fraction of sp³-hybridized carbons (Fsp3) is 0.357. The molecule has 120 valence electrons. The highest BCUT2D eigenvalue weighted by Crippen LogP contribution is 2.30. The van der Waals surface area contributed by atoms with Gasteiger partial charge < -0.3 is 4.52 Å². The Morgan fingerprint density at radius 1 is 1.32 bits per heavy atom. The van der Waals surface area contributed by atoms with Crippen molar-refractivity contribution in [1.82, 2.24) is 5.16 Å². The highest BCUT2D eigenvalue weighted by Gasteiger charge is 2.22. The highest BCUT2D eigenvalue weighted by atomic mass is 79.9. The van der Waals surface area contributed by atoms with Gasteiger partial charge in [0.15, 0.2) is 0 Å². The van der Waals surface area contributed by atoms with Crippen molar-refractivity contribution in [2.45, 2.75) is 38.0 Å². The number of sulfonamides is 1. The molecule has 5 nitrogen and oxygen atoms in total. The second-order valence-corrected chi connectivity index (χ2v) is 8.18. The monoisotopic (exact) mass is 450 g/mol. The maximum atomic E-state index is 12.6. The fourth-order valence-electron chi connectivity index (χ4n) is 1.89. The molecule has 0 unspecified atom stereocenters. The number of benzene rings is 1. The second kappa shape index (κ2) is 7.14. The first-order valence-corrected chi connectivity index (χ1v) is 9.85. The number of rotatable bonds is 6. The molecule has 0 atom stereocenters. The summed E-state index contributed by atoms with van der Waals surface area (Å²) < 4.78 is 33.5. The number of halogens is 2. The van der Waals surface area contributed by atoms with Crippen LogP contribution in [0.5, 0.6) is 0 Å². The third-order valence-corrected chi connectivity index (χ3v) is 6.38. The third kappa shape index (κ3) is 3.91. The number of aromatic nitrogens is 1. The summed E-state index contributed by atoms with van der Waals surface area (Å²) >= 11 is 6.54. The number of unbranched alkanes of at least 4 members (excludes halogenated alkanes) is 1. The molecule has 1 aromatic heterocycles. The SMILES string of the molecule is CCCCc1ccc(Br)c(S(=O)(=O)Nc2onc(C)c2Br)c1. The van der Waals surface area contributed by atoms with Crippen LogP contribution in [0, 0.1) is 6.92 Å². The first-order valence-electron chi connectivity index (χ1n) is 6.78. The molecule has 0 saturated carbocycles. The zero-order valence-corrected chi connectivity index (χ0v) is 16.2. The van der Waals surface area contributed by atoms with Gasteiger partial charge in [0.05, 0.1) is 5.69 Å². The van der Waals surface area contributed by atoms with Gasteiger partial charge in [-0.05, 0) is 69.3 Å². The van der Waals surface area contributed by atoms with E-state index in [9.17, 15) is 8.42 Å². The van der Waals surface area contributed by atoms with Crippen molar-refractivity contribution in [1.29, 1.82) is 0 Å². The van der Waals surface area contributed by atoms with Gasteiger partial charge in [-0.1, -0.05) is 24.6 Å². The molecule has 22 heavy (non-hydrogen) atoms. The molecular weight excluding hydrogens is 436 g/mol. The number of nitrogens with one attached hydrogen (secondary N) is 1. The van der Waals surface area contributed by atoms with Crippen LogP contribution in [0.3, 0.4) is 0 Å². The highest BCUT2D eigenvalue weighted by molar-refractivity contribution is 9.11. The van der Waals surface area contributed by atoms with Crippen molar-refractivity contribution >= 4 is 47.8 Å². The van der Waals surface area contributed by atoms with Crippen molar-refractivity contribution in [3.8, 4) is 0 Å². The molecule has 1 N–H and O–H groups in total. The summed E-state index contributed by atoms with van der Waals surface area (Å²) in [5, 5.41) is 3.71. The van der Waals surface area contributed by atoms with Gasteiger partial charge in [-0.25, -0.2) is 13.1 Å². The molecule has 0 fully saturated rings. The van der Waals surface area contributed by atoms with E-state index in [1.807, 2.05) is 6.07 Å². The maximum Gasteiger partial charge on any atom is 0.265 e. The largest absolute Gasteiger partial charge is 0.336 e. The lowest BCUT2D eigenvalue weighted by Crippen LogP contribution is -2.14. The standard InChI is InChI=1S/C14H16Br2N2O3S/c1-3-4-5-10-6-7-11(15)12(8-10)22(19,20)18-14-13(16)9(2)17-21-14/h6-8,18H,3-5H2,1-2H3. The Balaban J connectivity index is 2.34. The minimum Gasteiger partial charge on any atom is -0.336 e. The van der Waals surface area contributed by atoms with E-state index in [1.165, 1.54) is 0 Å². The van der Waals surface area contributed by atoms with Crippen LogP contribution < -0.4 is 4.72 Å². The van der Waals surface area contributed by atoms with Gasteiger partial charge in [-0.2, -0.15) is 0 Å². The van der Waals surface area contributed by atoms with Crippen LogP contribution in [0.1, 0.15) is 31.0 Å². The maximum absolute atomic E-state index is 12.6. The Morgan fingerprint density at radius 3 is 2.64 bits per heavy atom. The number of anilines is 1. The molecule has 2 rings (SSSR count). The molecule has 0 aliphatic carbocycles. The van der Waals surface area contributed by atoms with Crippen molar-refractivity contribution < 1.29 is 12.9 Å². The van der Waals surface area contributed by atoms with Gasteiger partial charge in [0, 0.05) is 4.47 Å². The van der Waals surface area contributed by atoms with Gasteiger partial charge in [-0.3, -0.25) is 0 Å². The Bertz CT molecular complexity index is 772. The minimum atomic E-state index is -3.76. The fourth-order valence-corrected chi connectivity index (χ4v) is 4.27. The Hall–Kier alpha value is -0.860. The summed E-state index contributed by atoms with van der Waals surface area (Å²) in [5.41, 5.74) is 1.56. The Morgan fingerprint density at radius 2 is 2.05 bits per heavy atom. The smallest absolute Gasteiger partial charge is 0.265 e. The van der Waals surface area contributed by atoms with E-state index < -0.39 is 10.0 Å². The summed E-state index contributed by atoms with van der Waals surface area (Å²) in [6.45, 7) is 3.81. The van der Waals surface area contributed by atoms with Crippen LogP contribution in [0.25, 0.3) is 0 Å². The molecule has 0 bridgehead atoms. The summed E-state index contributed by atoms with van der Waals surface area (Å²) in [6, 6.07) is 5.35. The van der Waals surface area contributed by atoms with Crippen LogP contribution >= 0.6 is 31.9 Å². The van der Waals surface area contributed by atoms with Crippen LogP contribution in [-0.2, 0) is 16.4 Å². The summed E-state index contributed by atoms with van der Waals surface area (Å²) in [7, 11) is -3.76. The average molecular weight is 452 g/mol. The molecule has 0 amide bonds. The number of nitrogens with zero attached hydrogens (tertiary/aromatic N) is 1. The predicted octanol–water partition coefficient (Wildman–Crippen LogP) is 4.65. The molecule has 1 heterocycles. The Kier molecular flexibility index (Phi) is 5.68. The van der Waals surface area contributed by atoms with Crippen LogP contribution in [0.2, 0.25) is 0 Å². The molecule has 0 saturated heterocycles. The second-order valence-electron chi connectivity index (χ2n) is 4.88. The number of hydrogen-bond acceptors (Lipinski definition) is 4. The first-order chi connectivity index (χ1) is 10.3. The summed E-state index contributed by atoms with van der Waals surface area (Å²) in [5.74, 6) is 0.0726.